The minimum Gasteiger partial charge on any atom is -0.382 e. The summed E-state index contributed by atoms with van der Waals surface area (Å²) in [6.45, 7) is 5.40. The number of rotatable bonds is 32. The van der Waals surface area contributed by atoms with Crippen LogP contribution in [0, 0.1) is 0 Å². The van der Waals surface area contributed by atoms with E-state index in [1.165, 1.54) is 36.4 Å². The highest BCUT2D eigenvalue weighted by Crippen LogP contribution is 2.51. The van der Waals surface area contributed by atoms with Gasteiger partial charge in [-0.2, -0.15) is 38.2 Å². The number of benzene rings is 2. The Labute approximate surface area is 436 Å². The monoisotopic (exact) mass is 1130 g/mol. The zero-order valence-corrected chi connectivity index (χ0v) is 45.0. The van der Waals surface area contributed by atoms with Crippen LogP contribution < -0.4 is 4.90 Å². The van der Waals surface area contributed by atoms with E-state index < -0.39 is 85.5 Å². The fraction of sp³-hybridized carbons (Fsp3) is 0.532. The molecule has 2 aromatic rings. The fourth-order valence-corrected chi connectivity index (χ4v) is 11.1. The van der Waals surface area contributed by atoms with Gasteiger partial charge >= 0.3 is 5.97 Å². The molecule has 1 fully saturated rings. The number of ether oxygens (including phenoxy) is 5. The van der Waals surface area contributed by atoms with Gasteiger partial charge in [-0.15, -0.1) is 5.06 Å². The van der Waals surface area contributed by atoms with E-state index in [2.05, 4.69) is 0 Å². The number of nitrogens with zero attached hydrogens (tertiary/aromatic N) is 3. The van der Waals surface area contributed by atoms with Crippen molar-refractivity contribution in [3.8, 4) is 0 Å². The molecule has 2 amide bonds. The van der Waals surface area contributed by atoms with Gasteiger partial charge in [-0.1, -0.05) is 18.2 Å². The Morgan fingerprint density at radius 1 is 0.667 bits per heavy atom. The van der Waals surface area contributed by atoms with Crippen LogP contribution in [0.3, 0.4) is 0 Å². The van der Waals surface area contributed by atoms with Gasteiger partial charge in [-0.25, -0.2) is 4.79 Å². The smallest absolute Gasteiger partial charge is 0.335 e. The lowest BCUT2D eigenvalue weighted by Gasteiger charge is -2.30. The zero-order chi connectivity index (χ0) is 55.2. The highest BCUT2D eigenvalue weighted by atomic mass is 32.2. The molecule has 1 saturated heterocycles. The van der Waals surface area contributed by atoms with Crippen molar-refractivity contribution in [2.24, 2.45) is 0 Å². The topological polar surface area (TPSA) is 334 Å². The quantitative estimate of drug-likeness (QED) is 0.0268. The first-order valence-electron chi connectivity index (χ1n) is 23.7. The van der Waals surface area contributed by atoms with Crippen LogP contribution in [-0.2, 0) is 94.2 Å². The third-order valence-electron chi connectivity index (χ3n) is 12.6. The molecule has 5 rings (SSSR count). The second kappa shape index (κ2) is 26.5. The summed E-state index contributed by atoms with van der Waals surface area (Å²) in [5.41, 5.74) is 0.809. The van der Waals surface area contributed by atoms with Gasteiger partial charge in [0.05, 0.1) is 86.0 Å². The van der Waals surface area contributed by atoms with E-state index in [4.69, 9.17) is 28.5 Å². The molecule has 0 radical (unpaired) electrons. The average molecular weight is 1140 g/mol. The number of methoxy groups -OCH3 is 1. The van der Waals surface area contributed by atoms with Crippen molar-refractivity contribution in [2.45, 2.75) is 79.4 Å². The molecule has 4 N–H and O–H groups in total. The summed E-state index contributed by atoms with van der Waals surface area (Å²) < 4.78 is 166. The number of imide groups is 1. The molecular weight excluding hydrogens is 1070 g/mol. The number of carbonyl (C=O) groups is 3. The maximum absolute atomic E-state index is 12.4. The summed E-state index contributed by atoms with van der Waals surface area (Å²) >= 11 is 0. The number of hydrogen-bond acceptors (Lipinski definition) is 18. The Balaban J connectivity index is 1.45. The second-order valence-electron chi connectivity index (χ2n) is 18.0. The molecule has 75 heavy (non-hydrogen) atoms. The summed E-state index contributed by atoms with van der Waals surface area (Å²) in [6, 6.07) is 8.09. The third-order valence-corrected chi connectivity index (χ3v) is 16.0. The van der Waals surface area contributed by atoms with Crippen molar-refractivity contribution < 1.29 is 99.4 Å². The largest absolute Gasteiger partial charge is 0.382 e. The summed E-state index contributed by atoms with van der Waals surface area (Å²) in [5.74, 6) is -3.26. The molecule has 2 aromatic carbocycles. The lowest BCUT2D eigenvalue weighted by molar-refractivity contribution is -0.442. The molecule has 0 aliphatic carbocycles. The van der Waals surface area contributed by atoms with Crippen LogP contribution >= 0.6 is 0 Å². The maximum Gasteiger partial charge on any atom is 0.335 e. The average Bonchev–Trinajstić information content (AvgIpc) is 3.84. The predicted octanol–water partition coefficient (Wildman–Crippen LogP) is 3.36. The van der Waals surface area contributed by atoms with Gasteiger partial charge in [0.2, 0.25) is 5.69 Å². The van der Waals surface area contributed by atoms with E-state index >= 15 is 0 Å². The number of hydroxylamine groups is 2. The van der Waals surface area contributed by atoms with Gasteiger partial charge < -0.3 is 33.4 Å². The first-order chi connectivity index (χ1) is 35.2. The van der Waals surface area contributed by atoms with Crippen LogP contribution in [0.2, 0.25) is 0 Å². The summed E-state index contributed by atoms with van der Waals surface area (Å²) in [4.78, 5) is 41.5. The molecule has 0 bridgehead atoms. The van der Waals surface area contributed by atoms with Crippen molar-refractivity contribution in [1.29, 1.82) is 0 Å². The van der Waals surface area contributed by atoms with Crippen molar-refractivity contribution in [3.05, 3.63) is 83.6 Å². The van der Waals surface area contributed by atoms with Crippen LogP contribution in [-0.4, -0.2) is 176 Å². The lowest BCUT2D eigenvalue weighted by Crippen LogP contribution is -2.32. The molecule has 2 unspecified atom stereocenters. The maximum atomic E-state index is 12.4. The minimum atomic E-state index is -4.71. The molecule has 3 aliphatic heterocycles. The first-order valence-corrected chi connectivity index (χ1v) is 29.8. The van der Waals surface area contributed by atoms with Crippen LogP contribution in [0.25, 0.3) is 0 Å². The lowest BCUT2D eigenvalue weighted by atomic mass is 9.76. The van der Waals surface area contributed by atoms with E-state index in [0.29, 0.717) is 52.2 Å². The van der Waals surface area contributed by atoms with Crippen LogP contribution in [0.5, 0.6) is 0 Å². The molecular formula is C47H64N3O21S4+. The van der Waals surface area contributed by atoms with Gasteiger partial charge in [-0.05, 0) is 81.5 Å². The molecule has 3 aliphatic rings. The number of hydrogen-bond donors (Lipinski definition) is 4. The number of amides is 2. The van der Waals surface area contributed by atoms with Gasteiger partial charge in [0, 0.05) is 61.0 Å². The SMILES string of the molecule is COCCOCCOCC[N+]1=C(/C=C/C=C/C=C2/N(CCOCCOCCC(=O)ON3C(=O)CCC3=O)c3ccc(S(=O)(=O)O)cc3C2(C)CCCS(=O)(=O)O)C(C)(CCCS(=O)(=O)O)c2cc(S(=O)(=O)O)ccc21. The van der Waals surface area contributed by atoms with Crippen molar-refractivity contribution >= 4 is 75.3 Å². The fourth-order valence-electron chi connectivity index (χ4n) is 9.02. The summed E-state index contributed by atoms with van der Waals surface area (Å²) in [5, 5.41) is 0.442. The molecule has 2 atom stereocenters. The molecule has 28 heteroatoms. The van der Waals surface area contributed by atoms with Gasteiger partial charge in [0.15, 0.2) is 12.3 Å². The normalized spacial score (nSPS) is 19.9. The van der Waals surface area contributed by atoms with Gasteiger partial charge in [0.25, 0.3) is 52.3 Å². The molecule has 0 saturated carbocycles. The van der Waals surface area contributed by atoms with Crippen LogP contribution in [0.1, 0.15) is 69.9 Å². The number of carbonyl (C=O) groups excluding carboxylic acids is 3. The van der Waals surface area contributed by atoms with Crippen LogP contribution in [0.15, 0.2) is 82.3 Å². The van der Waals surface area contributed by atoms with Crippen molar-refractivity contribution in [3.63, 3.8) is 0 Å². The van der Waals surface area contributed by atoms with E-state index in [-0.39, 0.29) is 109 Å². The highest BCUT2D eigenvalue weighted by Gasteiger charge is 2.48. The Hall–Kier alpha value is -4.82. The van der Waals surface area contributed by atoms with Crippen molar-refractivity contribution in [2.75, 3.05) is 96.1 Å². The molecule has 0 spiro atoms. The Morgan fingerprint density at radius 2 is 1.20 bits per heavy atom. The number of fused-ring (bicyclic) bond motifs is 2. The molecule has 416 valence electrons. The molecule has 3 heterocycles. The van der Waals surface area contributed by atoms with E-state index in [9.17, 15) is 66.3 Å². The number of anilines is 1. The summed E-state index contributed by atoms with van der Waals surface area (Å²) in [7, 11) is -16.6. The third kappa shape index (κ3) is 17.1. The second-order valence-corrected chi connectivity index (χ2v) is 24.0. The number of allylic oxidation sites excluding steroid dienone is 6. The summed E-state index contributed by atoms with van der Waals surface area (Å²) in [6.07, 6.45) is 8.16. The Bertz CT molecular complexity index is 2980. The molecule has 0 aromatic heterocycles. The minimum absolute atomic E-state index is 0.0361. The Morgan fingerprint density at radius 3 is 1.79 bits per heavy atom. The van der Waals surface area contributed by atoms with Crippen LogP contribution in [0.4, 0.5) is 11.4 Å². The van der Waals surface area contributed by atoms with E-state index in [0.717, 1.165) is 0 Å². The highest BCUT2D eigenvalue weighted by molar-refractivity contribution is 7.86. The standard InChI is InChI=1S/C47H63N3O21S4/c1-46(18-7-31-72(54,55)56)37-33-35(74(60,61)62)11-13-39(37)48(20-23-68-28-27-67-22-17-45(53)71-50-43(51)15-16-44(50)52)41(46)9-5-4-6-10-42-47(2,19-8-32-73(57,58)59)38-34-36(75(63,64)65)12-14-40(38)49(42)21-24-69-29-30-70-26-25-66-3/h4-6,9-14,33-34H,7-8,15-32H2,1-3H3,(H3-,54,55,56,57,58,59,60,61,62,63,64,65)/p+1. The Kier molecular flexibility index (Phi) is 21.6. The van der Waals surface area contributed by atoms with E-state index in [1.807, 2.05) is 9.48 Å². The van der Waals surface area contributed by atoms with Gasteiger partial charge in [0.1, 0.15) is 6.61 Å². The first kappa shape index (κ1) is 61.0. The van der Waals surface area contributed by atoms with Crippen molar-refractivity contribution in [1.82, 2.24) is 5.06 Å². The molecule has 24 nitrogen and oxygen atoms in total. The van der Waals surface area contributed by atoms with Gasteiger partial charge in [-0.3, -0.25) is 27.8 Å². The van der Waals surface area contributed by atoms with E-state index in [1.54, 1.807) is 51.3 Å². The zero-order valence-electron chi connectivity index (χ0n) is 41.7. The predicted molar refractivity (Wildman–Crippen MR) is 269 cm³/mol.